The van der Waals surface area contributed by atoms with Crippen molar-refractivity contribution in [2.45, 2.75) is 57.7 Å². The summed E-state index contributed by atoms with van der Waals surface area (Å²) < 4.78 is 0. The SMILES string of the molecule is CC(C)c1cccc(CN2CCCC2CC(O)c2cccs2)n1. The molecule has 3 heterocycles. The third kappa shape index (κ3) is 4.19. The van der Waals surface area contributed by atoms with Gasteiger partial charge in [0.25, 0.3) is 0 Å². The highest BCUT2D eigenvalue weighted by Crippen LogP contribution is 2.30. The molecule has 2 aromatic heterocycles. The quantitative estimate of drug-likeness (QED) is 0.855. The van der Waals surface area contributed by atoms with Gasteiger partial charge in [-0.1, -0.05) is 26.0 Å². The van der Waals surface area contributed by atoms with Crippen LogP contribution in [-0.4, -0.2) is 27.6 Å². The number of hydrogen-bond donors (Lipinski definition) is 1. The molecule has 0 amide bonds. The number of aromatic nitrogens is 1. The molecular weight excluding hydrogens is 304 g/mol. The van der Waals surface area contributed by atoms with E-state index in [1.807, 2.05) is 17.5 Å². The zero-order valence-electron chi connectivity index (χ0n) is 14.0. The molecule has 3 nitrogen and oxygen atoms in total. The van der Waals surface area contributed by atoms with Crippen molar-refractivity contribution in [3.8, 4) is 0 Å². The number of rotatable bonds is 6. The predicted octanol–water partition coefficient (Wildman–Crippen LogP) is 4.35. The number of aliphatic hydroxyl groups is 1. The fourth-order valence-corrected chi connectivity index (χ4v) is 4.07. The lowest BCUT2D eigenvalue weighted by atomic mass is 10.1. The van der Waals surface area contributed by atoms with Crippen molar-refractivity contribution in [1.29, 1.82) is 0 Å². The Morgan fingerprint density at radius 3 is 2.91 bits per heavy atom. The van der Waals surface area contributed by atoms with E-state index >= 15 is 0 Å². The highest BCUT2D eigenvalue weighted by Gasteiger charge is 2.27. The summed E-state index contributed by atoms with van der Waals surface area (Å²) in [5.74, 6) is 0.463. The molecule has 4 heteroatoms. The summed E-state index contributed by atoms with van der Waals surface area (Å²) >= 11 is 1.64. The van der Waals surface area contributed by atoms with Gasteiger partial charge in [-0.2, -0.15) is 0 Å². The van der Waals surface area contributed by atoms with Crippen LogP contribution < -0.4 is 0 Å². The Kier molecular flexibility index (Phi) is 5.46. The van der Waals surface area contributed by atoms with Crippen LogP contribution in [-0.2, 0) is 6.54 Å². The summed E-state index contributed by atoms with van der Waals surface area (Å²) in [6.45, 7) is 6.36. The van der Waals surface area contributed by atoms with Gasteiger partial charge in [0.05, 0.1) is 11.8 Å². The third-order valence-corrected chi connectivity index (χ3v) is 5.62. The molecule has 0 spiro atoms. The molecule has 1 N–H and O–H groups in total. The van der Waals surface area contributed by atoms with Gasteiger partial charge in [-0.15, -0.1) is 11.3 Å². The monoisotopic (exact) mass is 330 g/mol. The molecule has 23 heavy (non-hydrogen) atoms. The van der Waals surface area contributed by atoms with Crippen LogP contribution in [0.5, 0.6) is 0 Å². The Labute approximate surface area is 143 Å². The summed E-state index contributed by atoms with van der Waals surface area (Å²) in [6.07, 6.45) is 2.87. The second-order valence-corrected chi connectivity index (χ2v) is 7.72. The lowest BCUT2D eigenvalue weighted by Gasteiger charge is -2.26. The first-order valence-electron chi connectivity index (χ1n) is 8.55. The van der Waals surface area contributed by atoms with Crippen molar-refractivity contribution in [3.05, 3.63) is 52.0 Å². The predicted molar refractivity (Wildman–Crippen MR) is 95.7 cm³/mol. The van der Waals surface area contributed by atoms with Crippen molar-refractivity contribution in [2.24, 2.45) is 0 Å². The maximum Gasteiger partial charge on any atom is 0.0896 e. The molecule has 1 saturated heterocycles. The van der Waals surface area contributed by atoms with E-state index in [1.54, 1.807) is 11.3 Å². The highest BCUT2D eigenvalue weighted by molar-refractivity contribution is 7.10. The van der Waals surface area contributed by atoms with Crippen molar-refractivity contribution in [2.75, 3.05) is 6.54 Å². The maximum atomic E-state index is 10.4. The van der Waals surface area contributed by atoms with E-state index in [0.29, 0.717) is 12.0 Å². The van der Waals surface area contributed by atoms with Gasteiger partial charge in [0.2, 0.25) is 0 Å². The van der Waals surface area contributed by atoms with E-state index in [-0.39, 0.29) is 6.10 Å². The fourth-order valence-electron chi connectivity index (χ4n) is 3.34. The number of likely N-dealkylation sites (tertiary alicyclic amines) is 1. The number of hydrogen-bond acceptors (Lipinski definition) is 4. The zero-order valence-corrected chi connectivity index (χ0v) is 14.8. The van der Waals surface area contributed by atoms with E-state index in [2.05, 4.69) is 36.9 Å². The van der Waals surface area contributed by atoms with Crippen LogP contribution in [0.4, 0.5) is 0 Å². The van der Waals surface area contributed by atoms with Crippen LogP contribution in [0.15, 0.2) is 35.7 Å². The van der Waals surface area contributed by atoms with E-state index < -0.39 is 0 Å². The molecule has 1 aliphatic heterocycles. The van der Waals surface area contributed by atoms with Gasteiger partial charge in [-0.25, -0.2) is 0 Å². The first-order chi connectivity index (χ1) is 11.1. The van der Waals surface area contributed by atoms with Gasteiger partial charge in [-0.3, -0.25) is 9.88 Å². The lowest BCUT2D eigenvalue weighted by molar-refractivity contribution is 0.120. The summed E-state index contributed by atoms with van der Waals surface area (Å²) in [5.41, 5.74) is 2.31. The van der Waals surface area contributed by atoms with Gasteiger partial charge in [0.15, 0.2) is 0 Å². The Morgan fingerprint density at radius 1 is 1.30 bits per heavy atom. The van der Waals surface area contributed by atoms with Crippen molar-refractivity contribution in [1.82, 2.24) is 9.88 Å². The van der Waals surface area contributed by atoms with Crippen LogP contribution in [0.25, 0.3) is 0 Å². The Hall–Kier alpha value is -1.23. The van der Waals surface area contributed by atoms with Crippen LogP contribution in [0, 0.1) is 0 Å². The largest absolute Gasteiger partial charge is 0.388 e. The third-order valence-electron chi connectivity index (χ3n) is 4.65. The average Bonchev–Trinajstić information content (AvgIpc) is 3.20. The standard InChI is InChI=1S/C19H26N2OS/c1-14(2)17-8-3-6-15(20-17)13-21-10-4-7-16(21)12-18(22)19-9-5-11-23-19/h3,5-6,8-9,11,14,16,18,22H,4,7,10,12-13H2,1-2H3. The molecule has 3 rings (SSSR count). The molecule has 0 radical (unpaired) electrons. The average molecular weight is 330 g/mol. The topological polar surface area (TPSA) is 36.4 Å². The van der Waals surface area contributed by atoms with Gasteiger partial charge >= 0.3 is 0 Å². The minimum Gasteiger partial charge on any atom is -0.388 e. The van der Waals surface area contributed by atoms with Crippen LogP contribution in [0.3, 0.4) is 0 Å². The van der Waals surface area contributed by atoms with E-state index in [0.717, 1.165) is 35.8 Å². The van der Waals surface area contributed by atoms with Crippen molar-refractivity contribution < 1.29 is 5.11 Å². The number of aliphatic hydroxyl groups excluding tert-OH is 1. The molecule has 0 bridgehead atoms. The van der Waals surface area contributed by atoms with Crippen molar-refractivity contribution in [3.63, 3.8) is 0 Å². The number of pyridine rings is 1. The first-order valence-corrected chi connectivity index (χ1v) is 9.43. The van der Waals surface area contributed by atoms with E-state index in [4.69, 9.17) is 4.98 Å². The normalized spacial score (nSPS) is 20.3. The minimum atomic E-state index is -0.337. The van der Waals surface area contributed by atoms with E-state index in [1.165, 1.54) is 12.8 Å². The molecular formula is C19H26N2OS. The summed E-state index contributed by atoms with van der Waals surface area (Å²) in [7, 11) is 0. The molecule has 2 atom stereocenters. The molecule has 0 aromatic carbocycles. The first kappa shape index (κ1) is 16.6. The fraction of sp³-hybridized carbons (Fsp3) is 0.526. The van der Waals surface area contributed by atoms with Gasteiger partial charge in [-0.05, 0) is 55.3 Å². The highest BCUT2D eigenvalue weighted by atomic mass is 32.1. The van der Waals surface area contributed by atoms with Gasteiger partial charge in [0.1, 0.15) is 0 Å². The summed E-state index contributed by atoms with van der Waals surface area (Å²) in [4.78, 5) is 8.37. The minimum absolute atomic E-state index is 0.337. The summed E-state index contributed by atoms with van der Waals surface area (Å²) in [5, 5.41) is 12.5. The van der Waals surface area contributed by atoms with Crippen molar-refractivity contribution >= 4 is 11.3 Å². The van der Waals surface area contributed by atoms with Crippen LogP contribution >= 0.6 is 11.3 Å². The summed E-state index contributed by atoms with van der Waals surface area (Å²) in [6, 6.07) is 10.8. The molecule has 1 aliphatic rings. The molecule has 0 aliphatic carbocycles. The Bertz CT molecular complexity index is 612. The van der Waals surface area contributed by atoms with Gasteiger partial charge in [0, 0.05) is 23.2 Å². The molecule has 2 unspecified atom stereocenters. The van der Waals surface area contributed by atoms with Gasteiger partial charge < -0.3 is 5.11 Å². The lowest BCUT2D eigenvalue weighted by Crippen LogP contribution is -2.30. The number of thiophene rings is 1. The van der Waals surface area contributed by atoms with Crippen LogP contribution in [0.2, 0.25) is 0 Å². The van der Waals surface area contributed by atoms with Crippen LogP contribution in [0.1, 0.15) is 61.4 Å². The number of nitrogens with zero attached hydrogens (tertiary/aromatic N) is 2. The second-order valence-electron chi connectivity index (χ2n) is 6.74. The second kappa shape index (κ2) is 7.56. The Balaban J connectivity index is 1.64. The smallest absolute Gasteiger partial charge is 0.0896 e. The zero-order chi connectivity index (χ0) is 16.2. The molecule has 1 fully saturated rings. The Morgan fingerprint density at radius 2 is 2.17 bits per heavy atom. The molecule has 2 aromatic rings. The maximum absolute atomic E-state index is 10.4. The molecule has 0 saturated carbocycles. The molecule has 124 valence electrons. The van der Waals surface area contributed by atoms with E-state index in [9.17, 15) is 5.11 Å².